The van der Waals surface area contributed by atoms with Crippen molar-refractivity contribution in [1.29, 1.82) is 0 Å². The first-order chi connectivity index (χ1) is 11.2. The second kappa shape index (κ2) is 6.52. The lowest BCUT2D eigenvalue weighted by molar-refractivity contribution is -0.120. The third kappa shape index (κ3) is 3.59. The number of amidine groups is 1. The molecule has 24 heavy (non-hydrogen) atoms. The Labute approximate surface area is 155 Å². The summed E-state index contributed by atoms with van der Waals surface area (Å²) in [5, 5.41) is 1.26. The van der Waals surface area contributed by atoms with E-state index in [1.807, 2.05) is 0 Å². The number of fused-ring (bicyclic) bond motifs is 1. The van der Waals surface area contributed by atoms with Crippen LogP contribution in [0.25, 0.3) is 0 Å². The van der Waals surface area contributed by atoms with E-state index in [2.05, 4.69) is 4.99 Å². The van der Waals surface area contributed by atoms with Crippen LogP contribution in [0.15, 0.2) is 23.2 Å². The first-order valence-electron chi connectivity index (χ1n) is 7.41. The standard InChI is InChI=1S/C15H16Cl2N2O3S2/c1-8(2)14(20)18-15-19(11-4-9(16)3-10(17)5-11)12-6-24(21,22)7-13(12)23-15/h3-5,8,12-13H,6-7H2,1-2H3. The van der Waals surface area contributed by atoms with Crippen LogP contribution in [-0.4, -0.2) is 42.3 Å². The van der Waals surface area contributed by atoms with Gasteiger partial charge in [-0.1, -0.05) is 48.8 Å². The Morgan fingerprint density at radius 2 is 1.88 bits per heavy atom. The van der Waals surface area contributed by atoms with Gasteiger partial charge in [-0.2, -0.15) is 4.99 Å². The number of aliphatic imine (C=N–C) groups is 1. The molecule has 2 aliphatic heterocycles. The number of nitrogens with zero attached hydrogens (tertiary/aromatic N) is 2. The number of rotatable bonds is 2. The van der Waals surface area contributed by atoms with Gasteiger partial charge >= 0.3 is 0 Å². The van der Waals surface area contributed by atoms with E-state index >= 15 is 0 Å². The molecule has 0 saturated carbocycles. The van der Waals surface area contributed by atoms with E-state index in [-0.39, 0.29) is 34.6 Å². The van der Waals surface area contributed by atoms with Gasteiger partial charge < -0.3 is 4.90 Å². The van der Waals surface area contributed by atoms with Crippen LogP contribution in [-0.2, 0) is 14.6 Å². The molecule has 1 aromatic carbocycles. The fourth-order valence-corrected chi connectivity index (χ4v) is 7.20. The van der Waals surface area contributed by atoms with E-state index in [1.54, 1.807) is 36.9 Å². The van der Waals surface area contributed by atoms with Crippen LogP contribution in [0.2, 0.25) is 10.0 Å². The maximum absolute atomic E-state index is 12.1. The molecule has 9 heteroatoms. The number of sulfone groups is 1. The van der Waals surface area contributed by atoms with Crippen molar-refractivity contribution in [2.45, 2.75) is 25.1 Å². The molecule has 1 aromatic rings. The van der Waals surface area contributed by atoms with Gasteiger partial charge in [0.15, 0.2) is 15.0 Å². The fourth-order valence-electron chi connectivity index (χ4n) is 2.77. The average molecular weight is 407 g/mol. The quantitative estimate of drug-likeness (QED) is 0.753. The lowest BCUT2D eigenvalue weighted by Gasteiger charge is -2.25. The van der Waals surface area contributed by atoms with Gasteiger partial charge in [0, 0.05) is 26.9 Å². The monoisotopic (exact) mass is 406 g/mol. The molecule has 5 nitrogen and oxygen atoms in total. The highest BCUT2D eigenvalue weighted by Gasteiger charge is 2.49. The number of benzene rings is 1. The fraction of sp³-hybridized carbons (Fsp3) is 0.467. The molecule has 0 N–H and O–H groups in total. The Morgan fingerprint density at radius 3 is 2.46 bits per heavy atom. The minimum atomic E-state index is -3.10. The predicted molar refractivity (Wildman–Crippen MR) is 100 cm³/mol. The second-order valence-electron chi connectivity index (χ2n) is 6.19. The molecule has 0 bridgehead atoms. The van der Waals surface area contributed by atoms with Gasteiger partial charge in [0.2, 0.25) is 0 Å². The van der Waals surface area contributed by atoms with Crippen LogP contribution < -0.4 is 4.90 Å². The van der Waals surface area contributed by atoms with Crippen LogP contribution in [0.1, 0.15) is 13.8 Å². The summed E-state index contributed by atoms with van der Waals surface area (Å²) < 4.78 is 24.0. The van der Waals surface area contributed by atoms with E-state index in [1.165, 1.54) is 11.8 Å². The van der Waals surface area contributed by atoms with Crippen molar-refractivity contribution >= 4 is 61.6 Å². The second-order valence-corrected chi connectivity index (χ2v) is 10.4. The van der Waals surface area contributed by atoms with Crippen molar-refractivity contribution in [3.8, 4) is 0 Å². The summed E-state index contributed by atoms with van der Waals surface area (Å²) in [6.07, 6.45) is 0. The molecular weight excluding hydrogens is 391 g/mol. The highest BCUT2D eigenvalue weighted by atomic mass is 35.5. The van der Waals surface area contributed by atoms with Crippen molar-refractivity contribution in [1.82, 2.24) is 0 Å². The predicted octanol–water partition coefficient (Wildman–Crippen LogP) is 3.25. The number of hydrogen-bond acceptors (Lipinski definition) is 4. The highest BCUT2D eigenvalue weighted by Crippen LogP contribution is 2.42. The van der Waals surface area contributed by atoms with E-state index in [4.69, 9.17) is 23.2 Å². The van der Waals surface area contributed by atoms with Crippen molar-refractivity contribution in [2.75, 3.05) is 16.4 Å². The lowest BCUT2D eigenvalue weighted by atomic mass is 10.2. The van der Waals surface area contributed by atoms with E-state index in [0.717, 1.165) is 0 Å². The number of thioether (sulfide) groups is 1. The smallest absolute Gasteiger partial charge is 0.250 e. The minimum absolute atomic E-state index is 0.0314. The van der Waals surface area contributed by atoms with Gasteiger partial charge in [0.1, 0.15) is 0 Å². The highest BCUT2D eigenvalue weighted by molar-refractivity contribution is 8.16. The number of carbonyl (C=O) groups excluding carboxylic acids is 1. The molecule has 0 spiro atoms. The Morgan fingerprint density at radius 1 is 1.25 bits per heavy atom. The molecule has 1 amide bonds. The first kappa shape index (κ1) is 18.0. The van der Waals surface area contributed by atoms with Crippen molar-refractivity contribution in [2.24, 2.45) is 10.9 Å². The largest absolute Gasteiger partial charge is 0.315 e. The molecule has 2 fully saturated rings. The zero-order chi connectivity index (χ0) is 17.6. The summed E-state index contributed by atoms with van der Waals surface area (Å²) in [6.45, 7) is 3.55. The van der Waals surface area contributed by atoms with Gasteiger partial charge in [0.05, 0.1) is 17.5 Å². The van der Waals surface area contributed by atoms with Gasteiger partial charge in [-0.3, -0.25) is 4.79 Å². The molecule has 2 aliphatic rings. The van der Waals surface area contributed by atoms with Crippen LogP contribution in [0.4, 0.5) is 5.69 Å². The van der Waals surface area contributed by atoms with Crippen LogP contribution >= 0.6 is 35.0 Å². The molecule has 0 radical (unpaired) electrons. The van der Waals surface area contributed by atoms with Gasteiger partial charge in [-0.15, -0.1) is 0 Å². The maximum Gasteiger partial charge on any atom is 0.250 e. The Hall–Kier alpha value is -0.760. The molecule has 0 aliphatic carbocycles. The molecule has 2 unspecified atom stereocenters. The minimum Gasteiger partial charge on any atom is -0.315 e. The van der Waals surface area contributed by atoms with Crippen molar-refractivity contribution in [3.63, 3.8) is 0 Å². The number of carbonyl (C=O) groups is 1. The Kier molecular flexibility index (Phi) is 4.90. The molecule has 3 rings (SSSR count). The summed E-state index contributed by atoms with van der Waals surface area (Å²) in [7, 11) is -3.10. The first-order valence-corrected chi connectivity index (χ1v) is 10.9. The number of anilines is 1. The molecule has 2 heterocycles. The van der Waals surface area contributed by atoms with Crippen LogP contribution in [0.5, 0.6) is 0 Å². The Bertz CT molecular complexity index is 804. The third-order valence-electron chi connectivity index (χ3n) is 3.89. The molecular formula is C15H16Cl2N2O3S2. The van der Waals surface area contributed by atoms with Gasteiger partial charge in [-0.05, 0) is 18.2 Å². The third-order valence-corrected chi connectivity index (χ3v) is 7.54. The summed E-state index contributed by atoms with van der Waals surface area (Å²) in [5.41, 5.74) is 0.653. The van der Waals surface area contributed by atoms with Crippen molar-refractivity contribution in [3.05, 3.63) is 28.2 Å². The van der Waals surface area contributed by atoms with E-state index in [9.17, 15) is 13.2 Å². The van der Waals surface area contributed by atoms with Crippen molar-refractivity contribution < 1.29 is 13.2 Å². The number of hydrogen-bond donors (Lipinski definition) is 0. The lowest BCUT2D eigenvalue weighted by Crippen LogP contribution is -2.37. The van der Waals surface area contributed by atoms with Gasteiger partial charge in [0.25, 0.3) is 5.91 Å². The molecule has 2 atom stereocenters. The van der Waals surface area contributed by atoms with Gasteiger partial charge in [-0.25, -0.2) is 8.42 Å². The summed E-state index contributed by atoms with van der Waals surface area (Å²) >= 11 is 13.5. The zero-order valence-electron chi connectivity index (χ0n) is 13.1. The Balaban J connectivity index is 2.06. The molecule has 130 valence electrons. The normalized spacial score (nSPS) is 27.0. The zero-order valence-corrected chi connectivity index (χ0v) is 16.2. The number of amides is 1. The molecule has 2 saturated heterocycles. The maximum atomic E-state index is 12.1. The summed E-state index contributed by atoms with van der Waals surface area (Å²) in [4.78, 5) is 18.1. The van der Waals surface area contributed by atoms with Crippen LogP contribution in [0.3, 0.4) is 0 Å². The van der Waals surface area contributed by atoms with Crippen LogP contribution in [0, 0.1) is 5.92 Å². The van der Waals surface area contributed by atoms with E-state index < -0.39 is 9.84 Å². The van der Waals surface area contributed by atoms with E-state index in [0.29, 0.717) is 20.9 Å². The number of halogens is 2. The summed E-state index contributed by atoms with van der Waals surface area (Å²) in [6, 6.07) is 4.75. The topological polar surface area (TPSA) is 66.8 Å². The SMILES string of the molecule is CC(C)C(=O)N=C1SC2CS(=O)(=O)CC2N1c1cc(Cl)cc(Cl)c1. The summed E-state index contributed by atoms with van der Waals surface area (Å²) in [5.74, 6) is -0.350. The molecule has 0 aromatic heterocycles. The average Bonchev–Trinajstić information content (AvgIpc) is 2.88.